The summed E-state index contributed by atoms with van der Waals surface area (Å²) in [5, 5.41) is 11.9. The van der Waals surface area contributed by atoms with E-state index >= 15 is 0 Å². The number of ether oxygens (including phenoxy) is 1. The Hall–Kier alpha value is -3.79. The van der Waals surface area contributed by atoms with Gasteiger partial charge in [0.25, 0.3) is 0 Å². The number of carbonyl (C=O) groups excluding carboxylic acids is 3. The van der Waals surface area contributed by atoms with Gasteiger partial charge in [0, 0.05) is 31.1 Å². The van der Waals surface area contributed by atoms with Crippen LogP contribution in [0.4, 0.5) is 8.78 Å². The fourth-order valence-electron chi connectivity index (χ4n) is 5.55. The lowest BCUT2D eigenvalue weighted by atomic mass is 9.92. The molecule has 0 unspecified atom stereocenters. The summed E-state index contributed by atoms with van der Waals surface area (Å²) in [6.45, 7) is 4.87. The van der Waals surface area contributed by atoms with Crippen molar-refractivity contribution in [2.24, 2.45) is 5.92 Å². The van der Waals surface area contributed by atoms with Crippen LogP contribution in [0.3, 0.4) is 0 Å². The van der Waals surface area contributed by atoms with Crippen LogP contribution in [0.1, 0.15) is 57.1 Å². The van der Waals surface area contributed by atoms with Crippen molar-refractivity contribution in [1.82, 2.24) is 21.3 Å². The Labute approximate surface area is 245 Å². The van der Waals surface area contributed by atoms with Crippen molar-refractivity contribution in [3.05, 3.63) is 71.3 Å². The number of para-hydroxylation sites is 1. The first-order chi connectivity index (χ1) is 20.2. The highest BCUT2D eigenvalue weighted by atomic mass is 19.1. The molecule has 2 aliphatic rings. The fraction of sp³-hybridized carbons (Fsp3) is 0.469. The molecule has 1 aliphatic carbocycles. The van der Waals surface area contributed by atoms with Gasteiger partial charge in [-0.3, -0.25) is 14.4 Å². The maximum absolute atomic E-state index is 14.0. The van der Waals surface area contributed by atoms with Gasteiger partial charge < -0.3 is 26.0 Å². The van der Waals surface area contributed by atoms with E-state index in [4.69, 9.17) is 4.74 Å². The molecule has 3 amide bonds. The van der Waals surface area contributed by atoms with E-state index in [1.165, 1.54) is 0 Å². The minimum Gasteiger partial charge on any atom is -0.492 e. The minimum atomic E-state index is -1.20. The SMILES string of the molecule is CC[C@H](C)[C@@H]1NCCOc2ccccc2/C=C\CNC(=O)[C@H](Cc2cc(F)cc(F)c2)NC(=O)C2(CCCC2)NC1=O. The zero-order chi connectivity index (χ0) is 30.1. The molecule has 1 fully saturated rings. The van der Waals surface area contributed by atoms with Crippen LogP contribution >= 0.6 is 0 Å². The van der Waals surface area contributed by atoms with Gasteiger partial charge in [-0.05, 0) is 42.5 Å². The van der Waals surface area contributed by atoms with Gasteiger partial charge in [0.05, 0.1) is 6.04 Å². The van der Waals surface area contributed by atoms with Crippen molar-refractivity contribution in [2.45, 2.75) is 70.0 Å². The minimum absolute atomic E-state index is 0.0197. The van der Waals surface area contributed by atoms with Gasteiger partial charge in [0.15, 0.2) is 0 Å². The maximum atomic E-state index is 14.0. The average molecular weight is 583 g/mol. The number of hydrogen-bond donors (Lipinski definition) is 4. The van der Waals surface area contributed by atoms with E-state index in [-0.39, 0.29) is 30.4 Å². The third-order valence-electron chi connectivity index (χ3n) is 8.07. The van der Waals surface area contributed by atoms with Crippen LogP contribution in [-0.2, 0) is 20.8 Å². The first kappa shape index (κ1) is 31.2. The molecule has 1 spiro atoms. The molecule has 0 radical (unpaired) electrons. The summed E-state index contributed by atoms with van der Waals surface area (Å²) in [5.41, 5.74) is -0.161. The Kier molecular flexibility index (Phi) is 10.7. The number of rotatable bonds is 4. The molecular weight excluding hydrogens is 542 g/mol. The maximum Gasteiger partial charge on any atom is 0.246 e. The molecule has 1 heterocycles. The van der Waals surface area contributed by atoms with Gasteiger partial charge in [0.2, 0.25) is 17.7 Å². The van der Waals surface area contributed by atoms with Gasteiger partial charge in [-0.25, -0.2) is 8.78 Å². The lowest BCUT2D eigenvalue weighted by molar-refractivity contribution is -0.137. The molecule has 42 heavy (non-hydrogen) atoms. The molecule has 1 aliphatic heterocycles. The number of halogens is 2. The average Bonchev–Trinajstić information content (AvgIpc) is 3.43. The standard InChI is InChI=1S/C32H40F2N4O4/c1-3-21(2)28-30(40)38-32(12-6-7-13-32)31(41)37-26(19-22-17-24(33)20-25(34)18-22)29(39)36-14-8-10-23-9-4-5-11-27(23)42-16-15-35-28/h4-5,8-11,17-18,20-21,26,28,35H,3,6-7,12-16,19H2,1-2H3,(H,36,39)(H,37,41)(H,38,40)/b10-8-/t21-,26-,28-/m0/s1. The largest absolute Gasteiger partial charge is 0.492 e. The monoisotopic (exact) mass is 582 g/mol. The third kappa shape index (κ3) is 7.94. The molecule has 8 nitrogen and oxygen atoms in total. The third-order valence-corrected chi connectivity index (χ3v) is 8.07. The zero-order valence-electron chi connectivity index (χ0n) is 24.2. The molecule has 4 N–H and O–H groups in total. The van der Waals surface area contributed by atoms with E-state index in [0.717, 1.165) is 43.0 Å². The molecule has 2 aromatic rings. The molecule has 0 aromatic heterocycles. The Morgan fingerprint density at radius 1 is 1.02 bits per heavy atom. The number of fused-ring (bicyclic) bond motifs is 1. The molecule has 226 valence electrons. The van der Waals surface area contributed by atoms with Gasteiger partial charge in [0.1, 0.15) is 35.6 Å². The lowest BCUT2D eigenvalue weighted by Gasteiger charge is -2.34. The predicted octanol–water partition coefficient (Wildman–Crippen LogP) is 3.65. The second-order valence-electron chi connectivity index (χ2n) is 11.1. The second kappa shape index (κ2) is 14.4. The summed E-state index contributed by atoms with van der Waals surface area (Å²) in [4.78, 5) is 40.8. The van der Waals surface area contributed by atoms with Crippen LogP contribution in [-0.4, -0.2) is 55.0 Å². The van der Waals surface area contributed by atoms with Crippen molar-refractivity contribution in [1.29, 1.82) is 0 Å². The highest BCUT2D eigenvalue weighted by Gasteiger charge is 2.45. The van der Waals surface area contributed by atoms with Crippen LogP contribution in [0.5, 0.6) is 5.75 Å². The summed E-state index contributed by atoms with van der Waals surface area (Å²) >= 11 is 0. The summed E-state index contributed by atoms with van der Waals surface area (Å²) in [7, 11) is 0. The van der Waals surface area contributed by atoms with Gasteiger partial charge in [-0.2, -0.15) is 0 Å². The van der Waals surface area contributed by atoms with Crippen molar-refractivity contribution >= 4 is 23.8 Å². The van der Waals surface area contributed by atoms with Gasteiger partial charge >= 0.3 is 0 Å². The first-order valence-electron chi connectivity index (χ1n) is 14.7. The van der Waals surface area contributed by atoms with Crippen LogP contribution in [0, 0.1) is 17.6 Å². The fourth-order valence-corrected chi connectivity index (χ4v) is 5.55. The molecule has 10 heteroatoms. The number of benzene rings is 2. The van der Waals surface area contributed by atoms with Gasteiger partial charge in [-0.1, -0.05) is 63.5 Å². The van der Waals surface area contributed by atoms with Crippen molar-refractivity contribution in [2.75, 3.05) is 19.7 Å². The molecule has 0 bridgehead atoms. The van der Waals surface area contributed by atoms with E-state index in [9.17, 15) is 23.2 Å². The van der Waals surface area contributed by atoms with E-state index in [1.807, 2.05) is 44.2 Å². The van der Waals surface area contributed by atoms with Crippen LogP contribution < -0.4 is 26.0 Å². The molecule has 4 rings (SSSR count). The zero-order valence-corrected chi connectivity index (χ0v) is 24.2. The van der Waals surface area contributed by atoms with E-state index in [0.29, 0.717) is 31.7 Å². The van der Waals surface area contributed by atoms with Crippen LogP contribution in [0.25, 0.3) is 6.08 Å². The molecular formula is C32H40F2N4O4. The predicted molar refractivity (Wildman–Crippen MR) is 157 cm³/mol. The van der Waals surface area contributed by atoms with E-state index < -0.39 is 41.1 Å². The second-order valence-corrected chi connectivity index (χ2v) is 11.1. The molecule has 2 aromatic carbocycles. The van der Waals surface area contributed by atoms with Crippen molar-refractivity contribution < 1.29 is 27.9 Å². The van der Waals surface area contributed by atoms with E-state index in [2.05, 4.69) is 21.3 Å². The number of carbonyl (C=O) groups is 3. The first-order valence-corrected chi connectivity index (χ1v) is 14.7. The Morgan fingerprint density at radius 2 is 1.74 bits per heavy atom. The van der Waals surface area contributed by atoms with E-state index in [1.54, 1.807) is 6.08 Å². The quantitative estimate of drug-likeness (QED) is 0.440. The van der Waals surface area contributed by atoms with Gasteiger partial charge in [-0.15, -0.1) is 0 Å². The van der Waals surface area contributed by atoms with Crippen molar-refractivity contribution in [3.63, 3.8) is 0 Å². The number of amides is 3. The number of nitrogens with one attached hydrogen (secondary N) is 4. The van der Waals surface area contributed by atoms with Crippen LogP contribution in [0.2, 0.25) is 0 Å². The Morgan fingerprint density at radius 3 is 2.45 bits per heavy atom. The highest BCUT2D eigenvalue weighted by molar-refractivity contribution is 5.96. The molecule has 3 atom stereocenters. The Balaban J connectivity index is 1.66. The summed E-state index contributed by atoms with van der Waals surface area (Å²) in [5.74, 6) is -2.19. The smallest absolute Gasteiger partial charge is 0.246 e. The Bertz CT molecular complexity index is 1270. The lowest BCUT2D eigenvalue weighted by Crippen LogP contribution is -2.64. The topological polar surface area (TPSA) is 109 Å². The summed E-state index contributed by atoms with van der Waals surface area (Å²) < 4.78 is 33.9. The summed E-state index contributed by atoms with van der Waals surface area (Å²) in [6.07, 6.45) is 6.51. The molecule has 1 saturated carbocycles. The number of hydrogen-bond acceptors (Lipinski definition) is 5. The normalized spacial score (nSPS) is 23.4. The highest BCUT2D eigenvalue weighted by Crippen LogP contribution is 2.31. The molecule has 0 saturated heterocycles. The van der Waals surface area contributed by atoms with Crippen LogP contribution in [0.15, 0.2) is 48.5 Å². The van der Waals surface area contributed by atoms with Crippen molar-refractivity contribution in [3.8, 4) is 5.75 Å². The summed E-state index contributed by atoms with van der Waals surface area (Å²) in [6, 6.07) is 8.82.